The highest BCUT2D eigenvalue weighted by atomic mass is 19.1. The van der Waals surface area contributed by atoms with Crippen molar-refractivity contribution in [3.63, 3.8) is 0 Å². The Bertz CT molecular complexity index is 527. The van der Waals surface area contributed by atoms with Gasteiger partial charge < -0.3 is 14.4 Å². The number of carbonyl (C=O) groups is 1. The van der Waals surface area contributed by atoms with Crippen molar-refractivity contribution in [2.75, 3.05) is 26.8 Å². The first kappa shape index (κ1) is 15.4. The molecule has 120 valence electrons. The molecule has 1 atom stereocenters. The largest absolute Gasteiger partial charge is 0.379 e. The number of ether oxygens (including phenoxy) is 2. The monoisotopic (exact) mass is 308 g/mol. The van der Waals surface area contributed by atoms with Crippen LogP contribution in [0.5, 0.6) is 0 Å². The van der Waals surface area contributed by atoms with Gasteiger partial charge in [-0.2, -0.15) is 0 Å². The molecule has 5 nitrogen and oxygen atoms in total. The Hall–Kier alpha value is -1.53. The van der Waals surface area contributed by atoms with Crippen molar-refractivity contribution in [1.82, 2.24) is 9.88 Å². The molecular weight excluding hydrogens is 287 g/mol. The maximum Gasteiger partial charge on any atom is 0.228 e. The lowest BCUT2D eigenvalue weighted by atomic mass is 9.88. The first-order chi connectivity index (χ1) is 10.6. The molecule has 1 amide bonds. The zero-order valence-electron chi connectivity index (χ0n) is 12.8. The van der Waals surface area contributed by atoms with Gasteiger partial charge in [0.15, 0.2) is 0 Å². The van der Waals surface area contributed by atoms with Crippen LogP contribution in [0.1, 0.15) is 25.0 Å². The Labute approximate surface area is 129 Å². The minimum atomic E-state index is -0.387. The molecular formula is C16H21FN2O3. The fourth-order valence-electron chi connectivity index (χ4n) is 3.24. The minimum absolute atomic E-state index is 0.0373. The summed E-state index contributed by atoms with van der Waals surface area (Å²) in [5.74, 6) is -0.350. The van der Waals surface area contributed by atoms with Crippen LogP contribution in [0.2, 0.25) is 0 Å². The van der Waals surface area contributed by atoms with E-state index < -0.39 is 0 Å². The van der Waals surface area contributed by atoms with Crippen molar-refractivity contribution in [2.45, 2.75) is 37.4 Å². The number of rotatable bonds is 3. The van der Waals surface area contributed by atoms with Crippen LogP contribution in [0.25, 0.3) is 0 Å². The first-order valence-electron chi connectivity index (χ1n) is 7.65. The summed E-state index contributed by atoms with van der Waals surface area (Å²) in [6.07, 6.45) is 4.13. The minimum Gasteiger partial charge on any atom is -0.379 e. The molecule has 2 aliphatic heterocycles. The number of methoxy groups -OCH3 is 1. The molecule has 1 aromatic heterocycles. The third-order valence-corrected chi connectivity index (χ3v) is 4.66. The van der Waals surface area contributed by atoms with E-state index in [2.05, 4.69) is 4.98 Å². The van der Waals surface area contributed by atoms with Crippen molar-refractivity contribution in [2.24, 2.45) is 0 Å². The average molecular weight is 308 g/mol. The highest BCUT2D eigenvalue weighted by Crippen LogP contribution is 2.36. The number of likely N-dealkylation sites (tertiary alicyclic amines) is 1. The average Bonchev–Trinajstić information content (AvgIpc) is 2.93. The number of hydrogen-bond acceptors (Lipinski definition) is 4. The maximum atomic E-state index is 12.8. The molecule has 1 aromatic rings. The van der Waals surface area contributed by atoms with E-state index in [0.717, 1.165) is 25.5 Å². The van der Waals surface area contributed by atoms with Crippen LogP contribution < -0.4 is 0 Å². The van der Waals surface area contributed by atoms with E-state index >= 15 is 0 Å². The Morgan fingerprint density at radius 2 is 2.27 bits per heavy atom. The van der Waals surface area contributed by atoms with E-state index in [1.807, 2.05) is 4.90 Å². The Morgan fingerprint density at radius 3 is 2.86 bits per heavy atom. The summed E-state index contributed by atoms with van der Waals surface area (Å²) < 4.78 is 24.1. The molecule has 1 spiro atoms. The van der Waals surface area contributed by atoms with Crippen molar-refractivity contribution in [1.29, 1.82) is 0 Å². The number of nitrogens with zero attached hydrogens (tertiary/aromatic N) is 2. The second-order valence-electron chi connectivity index (χ2n) is 6.08. The standard InChI is InChI=1S/C16H21FN2O3/c1-21-14-9-16(22-11-14)4-6-19(7-5-16)15(20)8-13-3-2-12(17)10-18-13/h2-3,10,14H,4-9,11H2,1H3. The molecule has 3 rings (SSSR count). The molecule has 1 unspecified atom stereocenters. The summed E-state index contributed by atoms with van der Waals surface area (Å²) in [4.78, 5) is 18.1. The van der Waals surface area contributed by atoms with Gasteiger partial charge in [-0.25, -0.2) is 4.39 Å². The first-order valence-corrected chi connectivity index (χ1v) is 7.65. The molecule has 0 saturated carbocycles. The summed E-state index contributed by atoms with van der Waals surface area (Å²) in [6.45, 7) is 2.02. The molecule has 2 saturated heterocycles. The lowest BCUT2D eigenvalue weighted by Gasteiger charge is -2.38. The highest BCUT2D eigenvalue weighted by molar-refractivity contribution is 5.78. The van der Waals surface area contributed by atoms with E-state index in [-0.39, 0.29) is 29.9 Å². The fourth-order valence-corrected chi connectivity index (χ4v) is 3.24. The van der Waals surface area contributed by atoms with Crippen LogP contribution in [0.4, 0.5) is 4.39 Å². The molecule has 0 N–H and O–H groups in total. The third kappa shape index (κ3) is 3.28. The second kappa shape index (κ2) is 6.30. The Balaban J connectivity index is 1.53. The summed E-state index contributed by atoms with van der Waals surface area (Å²) in [7, 11) is 1.71. The maximum absolute atomic E-state index is 12.8. The van der Waals surface area contributed by atoms with E-state index in [1.54, 1.807) is 13.2 Å². The van der Waals surface area contributed by atoms with Gasteiger partial charge >= 0.3 is 0 Å². The number of piperidine rings is 1. The van der Waals surface area contributed by atoms with Gasteiger partial charge in [-0.05, 0) is 25.0 Å². The van der Waals surface area contributed by atoms with Crippen LogP contribution in [-0.2, 0) is 20.7 Å². The summed E-state index contributed by atoms with van der Waals surface area (Å²) >= 11 is 0. The van der Waals surface area contributed by atoms with Gasteiger partial charge in [0.05, 0.1) is 30.9 Å². The second-order valence-corrected chi connectivity index (χ2v) is 6.08. The number of aromatic nitrogens is 1. The lowest BCUT2D eigenvalue weighted by Crippen LogP contribution is -2.47. The lowest BCUT2D eigenvalue weighted by molar-refractivity contribution is -0.135. The highest BCUT2D eigenvalue weighted by Gasteiger charge is 2.43. The summed E-state index contributed by atoms with van der Waals surface area (Å²) in [5, 5.41) is 0. The van der Waals surface area contributed by atoms with E-state index in [0.29, 0.717) is 25.4 Å². The van der Waals surface area contributed by atoms with Crippen molar-refractivity contribution in [3.8, 4) is 0 Å². The number of pyridine rings is 1. The number of amides is 1. The van der Waals surface area contributed by atoms with Crippen LogP contribution in [0.3, 0.4) is 0 Å². The molecule has 6 heteroatoms. The summed E-state index contributed by atoms with van der Waals surface area (Å²) in [5.41, 5.74) is 0.481. The van der Waals surface area contributed by atoms with Crippen molar-refractivity contribution >= 4 is 5.91 Å². The van der Waals surface area contributed by atoms with Crippen LogP contribution in [0.15, 0.2) is 18.3 Å². The predicted octanol–water partition coefficient (Wildman–Crippen LogP) is 1.56. The van der Waals surface area contributed by atoms with E-state index in [9.17, 15) is 9.18 Å². The third-order valence-electron chi connectivity index (χ3n) is 4.66. The SMILES string of the molecule is COC1COC2(CCN(C(=O)Cc3ccc(F)cn3)CC2)C1. The number of hydrogen-bond donors (Lipinski definition) is 0. The molecule has 0 aromatic carbocycles. The molecule has 0 bridgehead atoms. The molecule has 2 fully saturated rings. The van der Waals surface area contributed by atoms with Gasteiger partial charge in [-0.15, -0.1) is 0 Å². The van der Waals surface area contributed by atoms with Gasteiger partial charge in [0.1, 0.15) is 5.82 Å². The zero-order chi connectivity index (χ0) is 15.6. The Morgan fingerprint density at radius 1 is 1.50 bits per heavy atom. The molecule has 0 aliphatic carbocycles. The van der Waals surface area contributed by atoms with Crippen molar-refractivity contribution in [3.05, 3.63) is 29.8 Å². The quantitative estimate of drug-likeness (QED) is 0.850. The summed E-state index contributed by atoms with van der Waals surface area (Å²) in [6, 6.07) is 2.89. The zero-order valence-corrected chi connectivity index (χ0v) is 12.8. The smallest absolute Gasteiger partial charge is 0.228 e. The topological polar surface area (TPSA) is 51.7 Å². The number of carbonyl (C=O) groups excluding carboxylic acids is 1. The van der Waals surface area contributed by atoms with E-state index in [4.69, 9.17) is 9.47 Å². The normalized spacial score (nSPS) is 23.9. The Kier molecular flexibility index (Phi) is 4.40. The van der Waals surface area contributed by atoms with Crippen LogP contribution in [0, 0.1) is 5.82 Å². The van der Waals surface area contributed by atoms with Gasteiger partial charge in [-0.3, -0.25) is 9.78 Å². The molecule has 3 heterocycles. The van der Waals surface area contributed by atoms with Gasteiger partial charge in [0, 0.05) is 32.3 Å². The fraction of sp³-hybridized carbons (Fsp3) is 0.625. The predicted molar refractivity (Wildman–Crippen MR) is 77.8 cm³/mol. The van der Waals surface area contributed by atoms with E-state index in [1.165, 1.54) is 6.07 Å². The van der Waals surface area contributed by atoms with Gasteiger partial charge in [0.25, 0.3) is 0 Å². The molecule has 2 aliphatic rings. The van der Waals surface area contributed by atoms with Gasteiger partial charge in [0.2, 0.25) is 5.91 Å². The van der Waals surface area contributed by atoms with Crippen molar-refractivity contribution < 1.29 is 18.7 Å². The molecule has 0 radical (unpaired) electrons. The van der Waals surface area contributed by atoms with Crippen LogP contribution in [-0.4, -0.2) is 54.3 Å². The van der Waals surface area contributed by atoms with Crippen LogP contribution >= 0.6 is 0 Å². The number of halogens is 1. The molecule has 22 heavy (non-hydrogen) atoms. The van der Waals surface area contributed by atoms with Gasteiger partial charge in [-0.1, -0.05) is 0 Å².